The molecule has 0 aliphatic rings. The number of ether oxygens (including phenoxy) is 1. The second-order valence-electron chi connectivity index (χ2n) is 5.42. The number of carbonyl (C=O) groups is 1. The zero-order valence-electron chi connectivity index (χ0n) is 13.8. The molecule has 1 amide bonds. The van der Waals surface area contributed by atoms with Gasteiger partial charge in [0.2, 0.25) is 0 Å². The highest BCUT2D eigenvalue weighted by Crippen LogP contribution is 2.26. The van der Waals surface area contributed by atoms with Crippen molar-refractivity contribution in [1.82, 2.24) is 5.43 Å². The maximum Gasteiger partial charge on any atom is 0.271 e. The SMILES string of the molecule is CCOc1cc(/C=N\NC(=O)c2ccc3ccccc3c2)ccc1O. The molecule has 3 rings (SSSR count). The Kier molecular flexibility index (Phi) is 4.95. The third-order valence-corrected chi connectivity index (χ3v) is 3.68. The minimum absolute atomic E-state index is 0.0687. The molecule has 2 N–H and O–H groups in total. The van der Waals surface area contributed by atoms with Gasteiger partial charge in [0.15, 0.2) is 11.5 Å². The van der Waals surface area contributed by atoms with Gasteiger partial charge >= 0.3 is 0 Å². The van der Waals surface area contributed by atoms with E-state index in [-0.39, 0.29) is 11.7 Å². The number of nitrogens with one attached hydrogen (secondary N) is 1. The highest BCUT2D eigenvalue weighted by Gasteiger charge is 2.05. The molecule has 25 heavy (non-hydrogen) atoms. The van der Waals surface area contributed by atoms with Gasteiger partial charge in [0.25, 0.3) is 5.91 Å². The van der Waals surface area contributed by atoms with E-state index in [1.54, 1.807) is 18.2 Å². The summed E-state index contributed by atoms with van der Waals surface area (Å²) in [4.78, 5) is 12.2. The number of amides is 1. The van der Waals surface area contributed by atoms with Gasteiger partial charge in [-0.25, -0.2) is 5.43 Å². The Hall–Kier alpha value is -3.34. The van der Waals surface area contributed by atoms with Crippen LogP contribution in [0.4, 0.5) is 0 Å². The lowest BCUT2D eigenvalue weighted by atomic mass is 10.1. The van der Waals surface area contributed by atoms with Gasteiger partial charge in [-0.3, -0.25) is 4.79 Å². The van der Waals surface area contributed by atoms with Crippen LogP contribution in [0.2, 0.25) is 0 Å². The summed E-state index contributed by atoms with van der Waals surface area (Å²) in [5.74, 6) is 0.164. The molecule has 0 aromatic heterocycles. The number of carbonyl (C=O) groups excluding carboxylic acids is 1. The van der Waals surface area contributed by atoms with Gasteiger partial charge in [0.05, 0.1) is 12.8 Å². The van der Waals surface area contributed by atoms with Gasteiger partial charge in [-0.2, -0.15) is 5.10 Å². The van der Waals surface area contributed by atoms with Crippen molar-refractivity contribution in [2.24, 2.45) is 5.10 Å². The summed E-state index contributed by atoms with van der Waals surface area (Å²) in [5, 5.41) is 15.7. The molecule has 3 aromatic rings. The summed E-state index contributed by atoms with van der Waals surface area (Å²) >= 11 is 0. The lowest BCUT2D eigenvalue weighted by Gasteiger charge is -2.06. The minimum Gasteiger partial charge on any atom is -0.504 e. The predicted molar refractivity (Wildman–Crippen MR) is 98.3 cm³/mol. The summed E-state index contributed by atoms with van der Waals surface area (Å²) in [5.41, 5.74) is 3.75. The highest BCUT2D eigenvalue weighted by molar-refractivity contribution is 5.99. The molecule has 0 bridgehead atoms. The van der Waals surface area contributed by atoms with Crippen molar-refractivity contribution in [2.75, 3.05) is 6.61 Å². The summed E-state index contributed by atoms with van der Waals surface area (Å²) < 4.78 is 5.32. The molecule has 5 heteroatoms. The van der Waals surface area contributed by atoms with E-state index >= 15 is 0 Å². The number of fused-ring (bicyclic) bond motifs is 1. The van der Waals surface area contributed by atoms with Crippen LogP contribution in [0.5, 0.6) is 11.5 Å². The lowest BCUT2D eigenvalue weighted by molar-refractivity contribution is 0.0955. The van der Waals surface area contributed by atoms with E-state index in [2.05, 4.69) is 10.5 Å². The van der Waals surface area contributed by atoms with Crippen LogP contribution in [-0.2, 0) is 0 Å². The molecular formula is C20H18N2O3. The summed E-state index contributed by atoms with van der Waals surface area (Å²) in [6.07, 6.45) is 1.50. The van der Waals surface area contributed by atoms with Crippen molar-refractivity contribution < 1.29 is 14.6 Å². The fourth-order valence-electron chi connectivity index (χ4n) is 2.44. The topological polar surface area (TPSA) is 70.9 Å². The summed E-state index contributed by atoms with van der Waals surface area (Å²) in [6, 6.07) is 18.2. The molecule has 0 fully saturated rings. The minimum atomic E-state index is -0.286. The third-order valence-electron chi connectivity index (χ3n) is 3.68. The Labute approximate surface area is 145 Å². The summed E-state index contributed by atoms with van der Waals surface area (Å²) in [6.45, 7) is 2.29. The first kappa shape index (κ1) is 16.5. The molecule has 0 atom stereocenters. The lowest BCUT2D eigenvalue weighted by Crippen LogP contribution is -2.17. The Balaban J connectivity index is 1.70. The quantitative estimate of drug-likeness (QED) is 0.552. The van der Waals surface area contributed by atoms with Gasteiger partial charge in [-0.05, 0) is 53.6 Å². The highest BCUT2D eigenvalue weighted by atomic mass is 16.5. The van der Waals surface area contributed by atoms with Gasteiger partial charge in [-0.15, -0.1) is 0 Å². The number of nitrogens with zero attached hydrogens (tertiary/aromatic N) is 1. The molecular weight excluding hydrogens is 316 g/mol. The van der Waals surface area contributed by atoms with Crippen molar-refractivity contribution in [2.45, 2.75) is 6.92 Å². The number of hydrogen-bond donors (Lipinski definition) is 2. The van der Waals surface area contributed by atoms with Crippen molar-refractivity contribution in [3.05, 3.63) is 71.8 Å². The fourth-order valence-corrected chi connectivity index (χ4v) is 2.44. The van der Waals surface area contributed by atoms with Crippen LogP contribution in [0.1, 0.15) is 22.8 Å². The number of benzene rings is 3. The molecule has 0 saturated heterocycles. The average Bonchev–Trinajstić information content (AvgIpc) is 2.64. The van der Waals surface area contributed by atoms with Crippen molar-refractivity contribution in [3.63, 3.8) is 0 Å². The van der Waals surface area contributed by atoms with Crippen LogP contribution in [-0.4, -0.2) is 23.8 Å². The number of phenols is 1. The Bertz CT molecular complexity index is 935. The summed E-state index contributed by atoms with van der Waals surface area (Å²) in [7, 11) is 0. The van der Waals surface area contributed by atoms with E-state index in [1.807, 2.05) is 43.3 Å². The molecule has 0 aliphatic heterocycles. The molecule has 126 valence electrons. The van der Waals surface area contributed by atoms with E-state index in [4.69, 9.17) is 4.74 Å². The number of phenolic OH excluding ortho intramolecular Hbond substituents is 1. The second kappa shape index (κ2) is 7.49. The Morgan fingerprint density at radius 3 is 2.72 bits per heavy atom. The smallest absolute Gasteiger partial charge is 0.271 e. The van der Waals surface area contributed by atoms with Crippen LogP contribution in [0.25, 0.3) is 10.8 Å². The van der Waals surface area contributed by atoms with Gasteiger partial charge < -0.3 is 9.84 Å². The monoisotopic (exact) mass is 334 g/mol. The number of hydrazone groups is 1. The number of aromatic hydroxyl groups is 1. The van der Waals surface area contributed by atoms with Crippen molar-refractivity contribution >= 4 is 22.9 Å². The number of hydrogen-bond acceptors (Lipinski definition) is 4. The standard InChI is InChI=1S/C20H18N2O3/c1-2-25-19-11-14(7-10-18(19)23)13-21-22-20(24)17-9-8-15-5-3-4-6-16(15)12-17/h3-13,23H,2H2,1H3,(H,22,24)/b21-13-. The predicted octanol–water partition coefficient (Wildman–Crippen LogP) is 3.71. The van der Waals surface area contributed by atoms with E-state index in [0.717, 1.165) is 10.8 Å². The molecule has 5 nitrogen and oxygen atoms in total. The average molecular weight is 334 g/mol. The van der Waals surface area contributed by atoms with E-state index in [0.29, 0.717) is 23.5 Å². The zero-order valence-corrected chi connectivity index (χ0v) is 13.8. The van der Waals surface area contributed by atoms with Crippen molar-refractivity contribution in [1.29, 1.82) is 0 Å². The van der Waals surface area contributed by atoms with Crippen LogP contribution in [0.15, 0.2) is 65.8 Å². The first-order chi connectivity index (χ1) is 12.2. The molecule has 0 unspecified atom stereocenters. The Morgan fingerprint density at radius 1 is 1.12 bits per heavy atom. The molecule has 0 heterocycles. The van der Waals surface area contributed by atoms with Crippen LogP contribution < -0.4 is 10.2 Å². The third kappa shape index (κ3) is 3.95. The largest absolute Gasteiger partial charge is 0.504 e. The first-order valence-electron chi connectivity index (χ1n) is 7.95. The maximum atomic E-state index is 12.2. The molecule has 0 spiro atoms. The first-order valence-corrected chi connectivity index (χ1v) is 7.95. The fraction of sp³-hybridized carbons (Fsp3) is 0.100. The molecule has 3 aromatic carbocycles. The zero-order chi connectivity index (χ0) is 17.6. The van der Waals surface area contributed by atoms with Crippen LogP contribution in [0.3, 0.4) is 0 Å². The van der Waals surface area contributed by atoms with Crippen molar-refractivity contribution in [3.8, 4) is 11.5 Å². The van der Waals surface area contributed by atoms with E-state index < -0.39 is 0 Å². The van der Waals surface area contributed by atoms with E-state index in [9.17, 15) is 9.90 Å². The van der Waals surface area contributed by atoms with Gasteiger partial charge in [0, 0.05) is 5.56 Å². The Morgan fingerprint density at radius 2 is 1.92 bits per heavy atom. The number of rotatable bonds is 5. The normalized spacial score (nSPS) is 10.9. The molecule has 0 aliphatic carbocycles. The second-order valence-corrected chi connectivity index (χ2v) is 5.42. The van der Waals surface area contributed by atoms with Gasteiger partial charge in [0.1, 0.15) is 0 Å². The maximum absolute atomic E-state index is 12.2. The van der Waals surface area contributed by atoms with Crippen LogP contribution in [0, 0.1) is 0 Å². The van der Waals surface area contributed by atoms with E-state index in [1.165, 1.54) is 12.3 Å². The molecule has 0 saturated carbocycles. The van der Waals surface area contributed by atoms with Crippen LogP contribution >= 0.6 is 0 Å². The molecule has 0 radical (unpaired) electrons. The van der Waals surface area contributed by atoms with Gasteiger partial charge in [-0.1, -0.05) is 30.3 Å².